The fourth-order valence-electron chi connectivity index (χ4n) is 2.04. The number of thiazole rings is 1. The molecular weight excluding hydrogens is 330 g/mol. The predicted molar refractivity (Wildman–Crippen MR) is 95.9 cm³/mol. The maximum Gasteiger partial charge on any atom is 0.264 e. The Hall–Kier alpha value is -1.96. The second kappa shape index (κ2) is 6.66. The van der Waals surface area contributed by atoms with Crippen LogP contribution in [0, 0.1) is 0 Å². The number of nitrogens with one attached hydrogen (secondary N) is 1. The third-order valence-electron chi connectivity index (χ3n) is 3.57. The lowest BCUT2D eigenvalue weighted by Gasteiger charge is -2.22. The number of likely N-dealkylation sites (N-methyl/N-ethyl adjacent to an activating group) is 1. The van der Waals surface area contributed by atoms with Gasteiger partial charge in [-0.15, -0.1) is 11.3 Å². The number of aromatic nitrogens is 1. The first-order valence-corrected chi connectivity index (χ1v) is 8.82. The van der Waals surface area contributed by atoms with Crippen molar-refractivity contribution in [3.05, 3.63) is 41.3 Å². The Labute approximate surface area is 142 Å². The van der Waals surface area contributed by atoms with Gasteiger partial charge >= 0.3 is 0 Å². The van der Waals surface area contributed by atoms with E-state index in [1.165, 1.54) is 22.7 Å². The number of carbonyl (C=O) groups excluding carboxylic acids is 1. The maximum absolute atomic E-state index is 12.4. The van der Waals surface area contributed by atoms with Gasteiger partial charge in [-0.25, -0.2) is 4.98 Å². The van der Waals surface area contributed by atoms with E-state index in [-0.39, 0.29) is 18.6 Å². The summed E-state index contributed by atoms with van der Waals surface area (Å²) < 4.78 is 0.988. The average Bonchev–Trinajstić information content (AvgIpc) is 3.12. The quantitative estimate of drug-likeness (QED) is 0.741. The highest BCUT2D eigenvalue weighted by molar-refractivity contribution is 7.29. The first kappa shape index (κ1) is 15.9. The van der Waals surface area contributed by atoms with E-state index in [0.29, 0.717) is 4.88 Å². The van der Waals surface area contributed by atoms with Crippen molar-refractivity contribution in [1.29, 1.82) is 0 Å². The van der Waals surface area contributed by atoms with E-state index in [1.807, 2.05) is 43.3 Å². The monoisotopic (exact) mass is 347 g/mol. The summed E-state index contributed by atoms with van der Waals surface area (Å²) in [5.41, 5.74) is 0.988. The van der Waals surface area contributed by atoms with Gasteiger partial charge in [-0.05, 0) is 25.1 Å². The lowest BCUT2D eigenvalue weighted by molar-refractivity contribution is 0.0687. The van der Waals surface area contributed by atoms with Gasteiger partial charge in [0, 0.05) is 12.7 Å². The third kappa shape index (κ3) is 3.36. The molecule has 0 aliphatic heterocycles. The topological polar surface area (TPSA) is 65.5 Å². The number of aliphatic hydroxyl groups is 1. The normalized spacial score (nSPS) is 12.3. The molecular formula is C16H17N3O2S2. The number of anilines is 2. The molecule has 3 aromatic rings. The van der Waals surface area contributed by atoms with E-state index in [9.17, 15) is 4.79 Å². The van der Waals surface area contributed by atoms with Crippen LogP contribution in [0.25, 0.3) is 9.53 Å². The molecule has 1 aromatic carbocycles. The molecule has 1 atom stereocenters. The zero-order valence-corrected chi connectivity index (χ0v) is 14.4. The molecule has 0 spiro atoms. The highest BCUT2D eigenvalue weighted by atomic mass is 32.1. The lowest BCUT2D eigenvalue weighted by atomic mass is 10.3. The fourth-order valence-corrected chi connectivity index (χ4v) is 4.15. The molecule has 23 heavy (non-hydrogen) atoms. The Morgan fingerprint density at radius 1 is 1.35 bits per heavy atom. The molecule has 0 aliphatic carbocycles. The summed E-state index contributed by atoms with van der Waals surface area (Å²) in [6.07, 6.45) is 0. The minimum absolute atomic E-state index is 0.0502. The van der Waals surface area contributed by atoms with E-state index < -0.39 is 0 Å². The van der Waals surface area contributed by atoms with Gasteiger partial charge in [0.15, 0.2) is 5.13 Å². The molecule has 2 aromatic heterocycles. The number of para-hydroxylation sites is 1. The number of nitrogens with zero attached hydrogens (tertiary/aromatic N) is 2. The number of rotatable bonds is 5. The van der Waals surface area contributed by atoms with Gasteiger partial charge in [-0.1, -0.05) is 29.5 Å². The molecule has 1 unspecified atom stereocenters. The van der Waals surface area contributed by atoms with Crippen molar-refractivity contribution in [3.8, 4) is 0 Å². The lowest BCUT2D eigenvalue weighted by Crippen LogP contribution is -2.36. The van der Waals surface area contributed by atoms with Crippen LogP contribution in [0.1, 0.15) is 16.6 Å². The van der Waals surface area contributed by atoms with Crippen molar-refractivity contribution in [2.45, 2.75) is 13.0 Å². The highest BCUT2D eigenvalue weighted by Gasteiger charge is 2.20. The molecule has 0 fully saturated rings. The van der Waals surface area contributed by atoms with Gasteiger partial charge in [0.25, 0.3) is 5.91 Å². The largest absolute Gasteiger partial charge is 0.394 e. The number of thiophene rings is 1. The summed E-state index contributed by atoms with van der Waals surface area (Å²) in [7, 11) is 1.70. The number of benzene rings is 1. The summed E-state index contributed by atoms with van der Waals surface area (Å²) >= 11 is 2.90. The summed E-state index contributed by atoms with van der Waals surface area (Å²) in [6, 6.07) is 11.5. The number of aliphatic hydroxyl groups excluding tert-OH is 1. The number of fused-ring (bicyclic) bond motifs is 1. The molecule has 2 heterocycles. The van der Waals surface area contributed by atoms with Gasteiger partial charge < -0.3 is 15.3 Å². The minimum atomic E-state index is -0.203. The van der Waals surface area contributed by atoms with Gasteiger partial charge in [0.1, 0.15) is 4.83 Å². The summed E-state index contributed by atoms with van der Waals surface area (Å²) in [6.45, 7) is 1.76. The minimum Gasteiger partial charge on any atom is -0.394 e. The van der Waals surface area contributed by atoms with E-state index >= 15 is 0 Å². The van der Waals surface area contributed by atoms with Crippen molar-refractivity contribution in [1.82, 2.24) is 9.88 Å². The van der Waals surface area contributed by atoms with Gasteiger partial charge in [0.05, 0.1) is 22.2 Å². The van der Waals surface area contributed by atoms with Crippen molar-refractivity contribution in [2.75, 3.05) is 19.0 Å². The highest BCUT2D eigenvalue weighted by Crippen LogP contribution is 2.34. The average molecular weight is 347 g/mol. The van der Waals surface area contributed by atoms with Gasteiger partial charge in [0.2, 0.25) is 0 Å². The van der Waals surface area contributed by atoms with Crippen LogP contribution in [-0.4, -0.2) is 40.6 Å². The van der Waals surface area contributed by atoms with E-state index in [2.05, 4.69) is 10.3 Å². The SMILES string of the molecule is CC(CO)N(C)C(=O)c1cc2sc(Nc3ccccc3)nc2s1. The smallest absolute Gasteiger partial charge is 0.264 e. The molecule has 0 radical (unpaired) electrons. The number of hydrogen-bond acceptors (Lipinski definition) is 6. The van der Waals surface area contributed by atoms with Crippen LogP contribution in [0.5, 0.6) is 0 Å². The molecule has 0 bridgehead atoms. The third-order valence-corrected chi connectivity index (χ3v) is 5.63. The summed E-state index contributed by atoms with van der Waals surface area (Å²) in [5, 5.41) is 13.2. The van der Waals surface area contributed by atoms with Crippen molar-refractivity contribution in [2.24, 2.45) is 0 Å². The van der Waals surface area contributed by atoms with Crippen LogP contribution in [0.3, 0.4) is 0 Å². The van der Waals surface area contributed by atoms with Crippen LogP contribution in [-0.2, 0) is 0 Å². The Kier molecular flexibility index (Phi) is 4.61. The van der Waals surface area contributed by atoms with Crippen molar-refractivity contribution < 1.29 is 9.90 Å². The molecule has 2 N–H and O–H groups in total. The second-order valence-corrected chi connectivity index (χ2v) is 7.30. The van der Waals surface area contributed by atoms with Crippen LogP contribution in [0.15, 0.2) is 36.4 Å². The molecule has 0 saturated carbocycles. The first-order valence-electron chi connectivity index (χ1n) is 7.19. The zero-order valence-electron chi connectivity index (χ0n) is 12.8. The standard InChI is InChI=1S/C16H17N3O2S2/c1-10(9-20)19(2)15(21)13-8-12-14(22-13)18-16(23-12)17-11-6-4-3-5-7-11/h3-8,10,20H,9H2,1-2H3,(H,17,18). The zero-order chi connectivity index (χ0) is 16.4. The first-order chi connectivity index (χ1) is 11.1. The predicted octanol–water partition coefficient (Wildman–Crippen LogP) is 3.55. The Bertz CT molecular complexity index is 782. The van der Waals surface area contributed by atoms with Crippen molar-refractivity contribution >= 4 is 48.9 Å². The van der Waals surface area contributed by atoms with Gasteiger partial charge in [-0.3, -0.25) is 4.79 Å². The molecule has 120 valence electrons. The maximum atomic E-state index is 12.4. The van der Waals surface area contributed by atoms with E-state index in [4.69, 9.17) is 5.11 Å². The molecule has 7 heteroatoms. The Morgan fingerprint density at radius 2 is 2.09 bits per heavy atom. The van der Waals surface area contributed by atoms with Crippen LogP contribution >= 0.6 is 22.7 Å². The second-order valence-electron chi connectivity index (χ2n) is 5.24. The Morgan fingerprint density at radius 3 is 2.74 bits per heavy atom. The molecule has 0 saturated heterocycles. The Balaban J connectivity index is 1.79. The van der Waals surface area contributed by atoms with Crippen LogP contribution in [0.2, 0.25) is 0 Å². The summed E-state index contributed by atoms with van der Waals surface area (Å²) in [5.74, 6) is -0.0840. The molecule has 1 amide bonds. The van der Waals surface area contributed by atoms with E-state index in [1.54, 1.807) is 11.9 Å². The number of carbonyl (C=O) groups is 1. The van der Waals surface area contributed by atoms with E-state index in [0.717, 1.165) is 20.3 Å². The molecule has 0 aliphatic rings. The van der Waals surface area contributed by atoms with Crippen molar-refractivity contribution in [3.63, 3.8) is 0 Å². The van der Waals surface area contributed by atoms with Gasteiger partial charge in [-0.2, -0.15) is 0 Å². The fraction of sp³-hybridized carbons (Fsp3) is 0.250. The molecule has 3 rings (SSSR count). The van der Waals surface area contributed by atoms with Crippen LogP contribution in [0.4, 0.5) is 10.8 Å². The number of hydrogen-bond donors (Lipinski definition) is 2. The van der Waals surface area contributed by atoms with Crippen LogP contribution < -0.4 is 5.32 Å². The molecule has 5 nitrogen and oxygen atoms in total. The number of amides is 1. The summed E-state index contributed by atoms with van der Waals surface area (Å²) in [4.78, 5) is 20.0.